The zero-order chi connectivity index (χ0) is 53.6. The molecule has 0 spiro atoms. The van der Waals surface area contributed by atoms with Gasteiger partial charge in [-0.3, -0.25) is 0 Å². The second kappa shape index (κ2) is 25.4. The molecule has 1 aliphatic heterocycles. The molecule has 0 unspecified atom stereocenters. The highest BCUT2D eigenvalue weighted by atomic mass is 127. The van der Waals surface area contributed by atoms with E-state index in [-0.39, 0.29) is 18.3 Å². The van der Waals surface area contributed by atoms with Gasteiger partial charge in [-0.15, -0.1) is 0 Å². The van der Waals surface area contributed by atoms with E-state index in [0.717, 1.165) is 36.2 Å². The fraction of sp³-hybridized carbons (Fsp3) is 0.273. The molecule has 4 nitrogen and oxygen atoms in total. The number of benzene rings is 8. The van der Waals surface area contributed by atoms with Gasteiger partial charge in [0.05, 0.1) is 33.3 Å². The zero-order valence-electron chi connectivity index (χ0n) is 44.4. The number of aryl methyl sites for hydroxylation is 2. The molecule has 1 saturated heterocycles. The Labute approximate surface area is 498 Å². The second-order valence-corrected chi connectivity index (χ2v) is 25.9. The van der Waals surface area contributed by atoms with Crippen molar-refractivity contribution in [2.45, 2.75) is 117 Å². The third kappa shape index (κ3) is 13.2. The number of para-hydroxylation sites is 2. The molecule has 0 aliphatic carbocycles. The number of halogens is 5. The Bertz CT molecular complexity index is 3520. The Morgan fingerprint density at radius 2 is 0.842 bits per heavy atom. The first kappa shape index (κ1) is 56.7. The van der Waals surface area contributed by atoms with Crippen LogP contribution in [0.25, 0.3) is 66.1 Å². The molecule has 76 heavy (non-hydrogen) atoms. The average Bonchev–Trinajstić information content (AvgIpc) is 4.00. The van der Waals surface area contributed by atoms with Gasteiger partial charge in [0.25, 0.3) is 0 Å². The largest absolute Gasteiger partial charge is 0.494 e. The van der Waals surface area contributed by atoms with E-state index in [4.69, 9.17) is 9.31 Å². The lowest BCUT2D eigenvalue weighted by Gasteiger charge is -2.32. The number of hydrogen-bond acceptors (Lipinski definition) is 2. The van der Waals surface area contributed by atoms with Crippen LogP contribution in [0.1, 0.15) is 104 Å². The summed E-state index contributed by atoms with van der Waals surface area (Å²) >= 11 is 16.3. The number of fused-ring (bicyclic) bond motifs is 6. The summed E-state index contributed by atoms with van der Waals surface area (Å²) in [4.78, 5) is 0. The highest BCUT2D eigenvalue weighted by Crippen LogP contribution is 2.39. The monoisotopic (exact) mass is 1370 g/mol. The van der Waals surface area contributed by atoms with Crippen LogP contribution in [0.15, 0.2) is 188 Å². The standard InChI is InChI=1S/C30H36BNO2.C30H27Br2N.C6H3Br2I/c1-6-7-8-9-12-22-15-18-24(19-16-22)32-27-14-11-10-13-25(27)26-20-17-23(21-28(26)32)31-33-29(2,3)30(4,5)34-31;1-2-3-4-5-8-21-11-14-26(15-12-21)33-29-10-7-6-9-27(29)28-16-13-22(19-30(28)33)23-17-24(31)20-25(32)18-23;7-4-1-5(8)3-6(9)2-4/h10-11,13-21H,6-9,12H2,1-5H3;6-7,9-20H,2-5,8H2,1H3;1-3H. The molecule has 0 N–H and O–H groups in total. The minimum Gasteiger partial charge on any atom is -0.399 e. The smallest absolute Gasteiger partial charge is 0.399 e. The molecule has 8 aromatic carbocycles. The molecule has 0 radical (unpaired) electrons. The summed E-state index contributed by atoms with van der Waals surface area (Å²) in [7, 11) is -0.369. The van der Waals surface area contributed by atoms with Crippen LogP contribution in [-0.4, -0.2) is 27.5 Å². The van der Waals surface area contributed by atoms with Crippen molar-refractivity contribution in [1.29, 1.82) is 0 Å². The zero-order valence-corrected chi connectivity index (χ0v) is 52.9. The third-order valence-corrected chi connectivity index (χ3v) is 17.4. The van der Waals surface area contributed by atoms with E-state index in [1.165, 1.54) is 132 Å². The summed E-state index contributed by atoms with van der Waals surface area (Å²) in [6.07, 6.45) is 12.7. The quantitative estimate of drug-likeness (QED) is 0.0617. The molecular weight excluding hydrogens is 1310 g/mol. The third-order valence-electron chi connectivity index (χ3n) is 14.9. The van der Waals surface area contributed by atoms with Crippen LogP contribution < -0.4 is 5.46 Å². The van der Waals surface area contributed by atoms with Gasteiger partial charge in [-0.1, -0.05) is 201 Å². The molecule has 0 atom stereocenters. The second-order valence-electron chi connectivity index (χ2n) is 21.0. The summed E-state index contributed by atoms with van der Waals surface area (Å²) < 4.78 is 23.1. The van der Waals surface area contributed by atoms with E-state index in [1.54, 1.807) is 0 Å². The predicted molar refractivity (Wildman–Crippen MR) is 348 cm³/mol. The van der Waals surface area contributed by atoms with Gasteiger partial charge in [-0.25, -0.2) is 0 Å². The van der Waals surface area contributed by atoms with Crippen LogP contribution in [-0.2, 0) is 22.2 Å². The van der Waals surface area contributed by atoms with Gasteiger partial charge in [-0.2, -0.15) is 0 Å². The first-order chi connectivity index (χ1) is 36.6. The number of nitrogens with zero attached hydrogens (tertiary/aromatic N) is 2. The maximum atomic E-state index is 6.36. The summed E-state index contributed by atoms with van der Waals surface area (Å²) in [5.74, 6) is 0. The Kier molecular flexibility index (Phi) is 19.0. The predicted octanol–water partition coefficient (Wildman–Crippen LogP) is 21.1. The van der Waals surface area contributed by atoms with Crippen molar-refractivity contribution in [1.82, 2.24) is 9.13 Å². The number of aromatic nitrogens is 2. The molecule has 1 fully saturated rings. The van der Waals surface area contributed by atoms with Crippen molar-refractivity contribution in [2.75, 3.05) is 0 Å². The molecule has 10 heteroatoms. The highest BCUT2D eigenvalue weighted by molar-refractivity contribution is 14.1. The van der Waals surface area contributed by atoms with Crippen molar-refractivity contribution < 1.29 is 9.31 Å². The van der Waals surface area contributed by atoms with Gasteiger partial charge in [0.2, 0.25) is 0 Å². The van der Waals surface area contributed by atoms with Crippen LogP contribution in [0.4, 0.5) is 0 Å². The van der Waals surface area contributed by atoms with Gasteiger partial charge >= 0.3 is 7.12 Å². The molecule has 10 aromatic rings. The SMILES string of the molecule is Brc1cc(Br)cc(I)c1.CCCCCCc1ccc(-n2c3ccccc3c3ccc(-c4cc(Br)cc(Br)c4)cc32)cc1.CCCCCCc1ccc(-n2c3ccccc3c3ccc(B4OC(C)(C)C(C)(C)O4)cc32)cc1. The molecule has 11 rings (SSSR count). The lowest BCUT2D eigenvalue weighted by atomic mass is 9.79. The van der Waals surface area contributed by atoms with Gasteiger partial charge in [0.1, 0.15) is 0 Å². The average molecular weight is 1380 g/mol. The minimum atomic E-state index is -0.369. The molecule has 0 bridgehead atoms. The molecule has 3 heterocycles. The Morgan fingerprint density at radius 1 is 0.421 bits per heavy atom. The first-order valence-electron chi connectivity index (χ1n) is 26.8. The Balaban J connectivity index is 0.000000160. The lowest BCUT2D eigenvalue weighted by Crippen LogP contribution is -2.41. The minimum absolute atomic E-state index is 0.355. The fourth-order valence-electron chi connectivity index (χ4n) is 10.2. The maximum Gasteiger partial charge on any atom is 0.494 e. The van der Waals surface area contributed by atoms with Crippen molar-refractivity contribution in [2.24, 2.45) is 0 Å². The van der Waals surface area contributed by atoms with E-state index in [2.05, 4.69) is 301 Å². The van der Waals surface area contributed by atoms with Crippen LogP contribution in [0, 0.1) is 3.57 Å². The topological polar surface area (TPSA) is 28.3 Å². The van der Waals surface area contributed by atoms with Gasteiger partial charge in [0.15, 0.2) is 0 Å². The van der Waals surface area contributed by atoms with Crippen LogP contribution in [0.5, 0.6) is 0 Å². The molecular formula is C66H66BBr4IN2O2. The van der Waals surface area contributed by atoms with E-state index in [0.29, 0.717) is 0 Å². The van der Waals surface area contributed by atoms with E-state index in [1.807, 2.05) is 6.07 Å². The van der Waals surface area contributed by atoms with Gasteiger partial charge in [0, 0.05) is 54.4 Å². The van der Waals surface area contributed by atoms with Crippen molar-refractivity contribution in [3.63, 3.8) is 0 Å². The lowest BCUT2D eigenvalue weighted by molar-refractivity contribution is 0.00578. The van der Waals surface area contributed by atoms with Crippen LogP contribution in [0.2, 0.25) is 0 Å². The van der Waals surface area contributed by atoms with Gasteiger partial charge < -0.3 is 18.4 Å². The number of unbranched alkanes of at least 4 members (excludes halogenated alkanes) is 6. The van der Waals surface area contributed by atoms with Gasteiger partial charge in [-0.05, 0) is 189 Å². The molecule has 2 aromatic heterocycles. The van der Waals surface area contributed by atoms with E-state index < -0.39 is 0 Å². The normalized spacial score (nSPS) is 13.8. The molecule has 0 amide bonds. The highest BCUT2D eigenvalue weighted by Gasteiger charge is 2.51. The summed E-state index contributed by atoms with van der Waals surface area (Å²) in [5, 5.41) is 5.09. The molecule has 390 valence electrons. The van der Waals surface area contributed by atoms with Crippen LogP contribution >= 0.6 is 86.3 Å². The van der Waals surface area contributed by atoms with E-state index in [9.17, 15) is 0 Å². The Hall–Kier alpha value is -4.01. The molecule has 0 saturated carbocycles. The maximum absolute atomic E-state index is 6.36. The summed E-state index contributed by atoms with van der Waals surface area (Å²) in [5.41, 5.74) is 12.9. The van der Waals surface area contributed by atoms with Crippen molar-refractivity contribution in [3.05, 3.63) is 202 Å². The fourth-order valence-corrected chi connectivity index (χ4v) is 14.3. The summed E-state index contributed by atoms with van der Waals surface area (Å²) in [6.45, 7) is 12.9. The van der Waals surface area contributed by atoms with Crippen molar-refractivity contribution >= 4 is 143 Å². The van der Waals surface area contributed by atoms with Crippen LogP contribution in [0.3, 0.4) is 0 Å². The first-order valence-corrected chi connectivity index (χ1v) is 31.1. The molecule has 1 aliphatic rings. The Morgan fingerprint density at radius 3 is 1.30 bits per heavy atom. The number of rotatable bonds is 14. The van der Waals surface area contributed by atoms with Crippen molar-refractivity contribution in [3.8, 4) is 22.5 Å². The summed E-state index contributed by atoms with van der Waals surface area (Å²) in [6, 6.07) is 61.6. The van der Waals surface area contributed by atoms with E-state index >= 15 is 0 Å². The number of hydrogen-bond donors (Lipinski definition) is 0.